The van der Waals surface area contributed by atoms with Crippen molar-refractivity contribution in [2.45, 2.75) is 45.7 Å². The molecule has 0 spiro atoms. The van der Waals surface area contributed by atoms with Gasteiger partial charge in [0.1, 0.15) is 6.04 Å². The van der Waals surface area contributed by atoms with Gasteiger partial charge in [-0.05, 0) is 37.0 Å². The Morgan fingerprint density at radius 3 is 2.21 bits per heavy atom. The van der Waals surface area contributed by atoms with Gasteiger partial charge in [-0.15, -0.1) is 23.2 Å². The number of benzene rings is 1. The molecule has 1 amide bonds. The van der Waals surface area contributed by atoms with Gasteiger partial charge in [-0.1, -0.05) is 26.0 Å². The third-order valence-electron chi connectivity index (χ3n) is 4.40. The molecule has 1 aromatic rings. The first-order chi connectivity index (χ1) is 13.8. The monoisotopic (exact) mass is 445 g/mol. The van der Waals surface area contributed by atoms with Crippen molar-refractivity contribution in [1.29, 1.82) is 0 Å². The van der Waals surface area contributed by atoms with E-state index in [0.717, 1.165) is 11.3 Å². The number of hydrogen-bond donors (Lipinski definition) is 2. The molecule has 0 aliphatic rings. The van der Waals surface area contributed by atoms with Gasteiger partial charge >= 0.3 is 5.97 Å². The molecule has 0 saturated carbocycles. The minimum atomic E-state index is -0.784. The number of anilines is 1. The SMILES string of the molecule is CCOC(=O)C(Cc1ccc(N(CCCl)CCCl)cc1)NC(=O)C(N)CC(C)C. The highest BCUT2D eigenvalue weighted by atomic mass is 35.5. The van der Waals surface area contributed by atoms with Gasteiger partial charge in [-0.25, -0.2) is 4.79 Å². The summed E-state index contributed by atoms with van der Waals surface area (Å²) in [6.07, 6.45) is 0.872. The second-order valence-corrected chi connectivity index (χ2v) is 8.04. The van der Waals surface area contributed by atoms with E-state index in [1.54, 1.807) is 6.92 Å². The van der Waals surface area contributed by atoms with Crippen molar-refractivity contribution in [3.63, 3.8) is 0 Å². The lowest BCUT2D eigenvalue weighted by Gasteiger charge is -2.24. The summed E-state index contributed by atoms with van der Waals surface area (Å²) in [6, 6.07) is 6.34. The van der Waals surface area contributed by atoms with Crippen molar-refractivity contribution in [3.05, 3.63) is 29.8 Å². The van der Waals surface area contributed by atoms with E-state index in [-0.39, 0.29) is 18.4 Å². The lowest BCUT2D eigenvalue weighted by Crippen LogP contribution is -2.50. The van der Waals surface area contributed by atoms with Crippen molar-refractivity contribution < 1.29 is 14.3 Å². The molecule has 0 heterocycles. The molecule has 29 heavy (non-hydrogen) atoms. The maximum Gasteiger partial charge on any atom is 0.328 e. The standard InChI is InChI=1S/C21H33Cl2N3O3/c1-4-29-21(28)19(25-20(27)18(24)13-15(2)3)14-16-5-7-17(8-6-16)26(11-9-22)12-10-23/h5-8,15,18-19H,4,9-14,24H2,1-3H3,(H,25,27). The molecule has 8 heteroatoms. The van der Waals surface area contributed by atoms with E-state index in [9.17, 15) is 9.59 Å². The number of ether oxygens (including phenoxy) is 1. The fourth-order valence-electron chi connectivity index (χ4n) is 2.98. The van der Waals surface area contributed by atoms with E-state index >= 15 is 0 Å². The number of nitrogens with zero attached hydrogens (tertiary/aromatic N) is 1. The van der Waals surface area contributed by atoms with Crippen LogP contribution in [-0.4, -0.2) is 55.4 Å². The summed E-state index contributed by atoms with van der Waals surface area (Å²) in [6.45, 7) is 7.36. The van der Waals surface area contributed by atoms with Crippen molar-refractivity contribution in [1.82, 2.24) is 5.32 Å². The van der Waals surface area contributed by atoms with Crippen molar-refractivity contribution in [3.8, 4) is 0 Å². The van der Waals surface area contributed by atoms with Crippen LogP contribution in [0, 0.1) is 5.92 Å². The first kappa shape index (κ1) is 25.5. The van der Waals surface area contributed by atoms with Crippen LogP contribution < -0.4 is 16.0 Å². The molecular formula is C21H33Cl2N3O3. The summed E-state index contributed by atoms with van der Waals surface area (Å²) in [5, 5.41) is 2.75. The molecule has 164 valence electrons. The Labute approximate surface area is 184 Å². The van der Waals surface area contributed by atoms with Gasteiger partial charge in [0.05, 0.1) is 12.6 Å². The first-order valence-electron chi connectivity index (χ1n) is 10.0. The van der Waals surface area contributed by atoms with Gasteiger partial charge in [0.2, 0.25) is 5.91 Å². The van der Waals surface area contributed by atoms with Gasteiger partial charge in [-0.2, -0.15) is 0 Å². The highest BCUT2D eigenvalue weighted by Gasteiger charge is 2.25. The normalized spacial score (nSPS) is 13.1. The van der Waals surface area contributed by atoms with Gasteiger partial charge in [0.25, 0.3) is 0 Å². The number of nitrogens with one attached hydrogen (secondary N) is 1. The smallest absolute Gasteiger partial charge is 0.328 e. The lowest BCUT2D eigenvalue weighted by molar-refractivity contribution is -0.147. The van der Waals surface area contributed by atoms with Crippen molar-refractivity contribution >= 4 is 40.8 Å². The largest absolute Gasteiger partial charge is 0.464 e. The number of hydrogen-bond acceptors (Lipinski definition) is 5. The summed E-state index contributed by atoms with van der Waals surface area (Å²) in [5.41, 5.74) is 7.86. The van der Waals surface area contributed by atoms with Crippen LogP contribution in [0.3, 0.4) is 0 Å². The Morgan fingerprint density at radius 2 is 1.72 bits per heavy atom. The molecule has 0 aromatic heterocycles. The molecule has 0 bridgehead atoms. The van der Waals surface area contributed by atoms with Gasteiger partial charge in [0, 0.05) is 37.0 Å². The fourth-order valence-corrected chi connectivity index (χ4v) is 3.39. The number of amides is 1. The number of carbonyl (C=O) groups is 2. The van der Waals surface area contributed by atoms with Gasteiger partial charge in [0.15, 0.2) is 0 Å². The van der Waals surface area contributed by atoms with Crippen LogP contribution in [-0.2, 0) is 20.7 Å². The molecular weight excluding hydrogens is 413 g/mol. The maximum atomic E-state index is 12.4. The minimum absolute atomic E-state index is 0.244. The van der Waals surface area contributed by atoms with E-state index in [1.165, 1.54) is 0 Å². The van der Waals surface area contributed by atoms with Crippen LogP contribution in [0.5, 0.6) is 0 Å². The summed E-state index contributed by atoms with van der Waals surface area (Å²) in [4.78, 5) is 26.9. The van der Waals surface area contributed by atoms with Crippen LogP contribution in [0.25, 0.3) is 0 Å². The number of halogens is 2. The molecule has 0 aliphatic heterocycles. The average Bonchev–Trinajstić information content (AvgIpc) is 2.67. The lowest BCUT2D eigenvalue weighted by atomic mass is 10.0. The quantitative estimate of drug-likeness (QED) is 0.360. The highest BCUT2D eigenvalue weighted by Crippen LogP contribution is 2.17. The number of nitrogens with two attached hydrogens (primary N) is 1. The molecule has 3 N–H and O–H groups in total. The topological polar surface area (TPSA) is 84.7 Å². The van der Waals surface area contributed by atoms with Crippen molar-refractivity contribution in [2.24, 2.45) is 11.7 Å². The predicted molar refractivity (Wildman–Crippen MR) is 120 cm³/mol. The third-order valence-corrected chi connectivity index (χ3v) is 4.74. The molecule has 1 rings (SSSR count). The summed E-state index contributed by atoms with van der Waals surface area (Å²) in [7, 11) is 0. The average molecular weight is 446 g/mol. The summed E-state index contributed by atoms with van der Waals surface area (Å²) >= 11 is 11.7. The molecule has 2 atom stereocenters. The summed E-state index contributed by atoms with van der Waals surface area (Å²) < 4.78 is 5.13. The molecule has 0 saturated heterocycles. The van der Waals surface area contributed by atoms with Gasteiger partial charge < -0.3 is 20.7 Å². The van der Waals surface area contributed by atoms with Crippen molar-refractivity contribution in [2.75, 3.05) is 36.4 Å². The van der Waals surface area contributed by atoms with Crippen LogP contribution >= 0.6 is 23.2 Å². The summed E-state index contributed by atoms with van der Waals surface area (Å²) in [5.74, 6) is 0.489. The Morgan fingerprint density at radius 1 is 1.14 bits per heavy atom. The van der Waals surface area contributed by atoms with Crippen LogP contribution in [0.2, 0.25) is 0 Å². The zero-order valence-electron chi connectivity index (χ0n) is 17.5. The molecule has 2 unspecified atom stereocenters. The minimum Gasteiger partial charge on any atom is -0.464 e. The Bertz CT molecular complexity index is 620. The van der Waals surface area contributed by atoms with Crippen LogP contribution in [0.4, 0.5) is 5.69 Å². The van der Waals surface area contributed by atoms with Gasteiger partial charge in [-0.3, -0.25) is 4.79 Å². The van der Waals surface area contributed by atoms with E-state index < -0.39 is 18.1 Å². The number of esters is 1. The second-order valence-electron chi connectivity index (χ2n) is 7.28. The van der Waals surface area contributed by atoms with E-state index in [0.29, 0.717) is 37.7 Å². The number of carbonyl (C=O) groups excluding carboxylic acids is 2. The Balaban J connectivity index is 2.87. The Kier molecular flexibility index (Phi) is 12.0. The molecule has 6 nitrogen and oxygen atoms in total. The zero-order chi connectivity index (χ0) is 21.8. The van der Waals surface area contributed by atoms with E-state index in [4.69, 9.17) is 33.7 Å². The number of rotatable bonds is 13. The predicted octanol–water partition coefficient (Wildman–Crippen LogP) is 2.93. The fraction of sp³-hybridized carbons (Fsp3) is 0.619. The zero-order valence-corrected chi connectivity index (χ0v) is 19.0. The molecule has 1 aromatic carbocycles. The highest BCUT2D eigenvalue weighted by molar-refractivity contribution is 6.18. The third kappa shape index (κ3) is 9.24. The molecule has 0 fully saturated rings. The van der Waals surface area contributed by atoms with Crippen LogP contribution in [0.1, 0.15) is 32.8 Å². The number of alkyl halides is 2. The van der Waals surface area contributed by atoms with E-state index in [2.05, 4.69) is 10.2 Å². The molecule has 0 aliphatic carbocycles. The maximum absolute atomic E-state index is 12.4. The van der Waals surface area contributed by atoms with E-state index in [1.807, 2.05) is 38.1 Å². The molecule has 0 radical (unpaired) electrons. The second kappa shape index (κ2) is 13.7. The van der Waals surface area contributed by atoms with Crippen LogP contribution in [0.15, 0.2) is 24.3 Å². The Hall–Kier alpha value is -1.50. The first-order valence-corrected chi connectivity index (χ1v) is 11.1.